The van der Waals surface area contributed by atoms with Crippen LogP contribution in [0.15, 0.2) is 33.7 Å². The highest BCUT2D eigenvalue weighted by molar-refractivity contribution is 14.0. The van der Waals surface area contributed by atoms with Gasteiger partial charge in [0.25, 0.3) is 0 Å². The average molecular weight is 412 g/mol. The van der Waals surface area contributed by atoms with Crippen LogP contribution < -0.4 is 10.2 Å². The number of anilines is 1. The molecule has 1 aromatic heterocycles. The highest BCUT2D eigenvalue weighted by Crippen LogP contribution is 2.27. The van der Waals surface area contributed by atoms with Gasteiger partial charge in [0.15, 0.2) is 5.96 Å². The van der Waals surface area contributed by atoms with Crippen LogP contribution in [0.3, 0.4) is 0 Å². The molecule has 0 saturated heterocycles. The molecule has 1 aliphatic rings. The molecule has 0 fully saturated rings. The van der Waals surface area contributed by atoms with Gasteiger partial charge in [0, 0.05) is 19.3 Å². The van der Waals surface area contributed by atoms with E-state index in [1.165, 1.54) is 11.3 Å². The molecule has 0 aliphatic carbocycles. The number of nitrogens with one attached hydrogen (secondary N) is 1. The van der Waals surface area contributed by atoms with E-state index in [1.807, 2.05) is 13.8 Å². The largest absolute Gasteiger partial charge is 0.444 e. The Morgan fingerprint density at radius 1 is 1.36 bits per heavy atom. The molecular weight excluding hydrogens is 391 g/mol. The van der Waals surface area contributed by atoms with Crippen LogP contribution in [0.5, 0.6) is 0 Å². The Morgan fingerprint density at radius 2 is 2.14 bits per heavy atom. The zero-order valence-corrected chi connectivity index (χ0v) is 15.4. The maximum Gasteiger partial charge on any atom is 0.214 e. The topological polar surface area (TPSA) is 53.7 Å². The van der Waals surface area contributed by atoms with Crippen LogP contribution in [0, 0.1) is 13.8 Å². The Kier molecular flexibility index (Phi) is 5.44. The lowest BCUT2D eigenvalue weighted by Crippen LogP contribution is -2.40. The molecule has 0 bridgehead atoms. The van der Waals surface area contributed by atoms with Crippen molar-refractivity contribution in [2.75, 3.05) is 18.5 Å². The summed E-state index contributed by atoms with van der Waals surface area (Å²) < 4.78 is 5.59. The zero-order chi connectivity index (χ0) is 14.8. The first kappa shape index (κ1) is 16.8. The quantitative estimate of drug-likeness (QED) is 0.468. The molecule has 0 atom stereocenters. The molecular formula is C16H21IN4O. The van der Waals surface area contributed by atoms with E-state index in [9.17, 15) is 0 Å². The van der Waals surface area contributed by atoms with E-state index >= 15 is 0 Å². The smallest absolute Gasteiger partial charge is 0.214 e. The molecule has 2 heterocycles. The minimum Gasteiger partial charge on any atom is -0.444 e. The number of para-hydroxylation sites is 1. The van der Waals surface area contributed by atoms with Crippen molar-refractivity contribution in [2.45, 2.75) is 26.8 Å². The third-order valence-corrected chi connectivity index (χ3v) is 3.83. The van der Waals surface area contributed by atoms with E-state index in [0.717, 1.165) is 30.4 Å². The van der Waals surface area contributed by atoms with E-state index in [2.05, 4.69) is 44.5 Å². The summed E-state index contributed by atoms with van der Waals surface area (Å²) in [6.45, 7) is 5.37. The van der Waals surface area contributed by atoms with Gasteiger partial charge in [0.1, 0.15) is 5.76 Å². The Bertz CT molecular complexity index is 661. The number of benzene rings is 1. The second kappa shape index (κ2) is 7.13. The van der Waals surface area contributed by atoms with Crippen molar-refractivity contribution >= 4 is 35.6 Å². The molecule has 0 saturated carbocycles. The summed E-state index contributed by atoms with van der Waals surface area (Å²) in [6, 6.07) is 8.44. The summed E-state index contributed by atoms with van der Waals surface area (Å²) in [4.78, 5) is 11.0. The van der Waals surface area contributed by atoms with Gasteiger partial charge in [0.05, 0.1) is 12.2 Å². The summed E-state index contributed by atoms with van der Waals surface area (Å²) in [6.07, 6.45) is 1.05. The first-order valence-electron chi connectivity index (χ1n) is 7.18. The number of aromatic nitrogens is 1. The third kappa shape index (κ3) is 3.26. The lowest BCUT2D eigenvalue weighted by Gasteiger charge is -2.21. The monoisotopic (exact) mass is 412 g/mol. The molecule has 5 nitrogen and oxygen atoms in total. The number of guanidine groups is 1. The summed E-state index contributed by atoms with van der Waals surface area (Å²) in [5.41, 5.74) is 3.53. The first-order valence-corrected chi connectivity index (χ1v) is 7.18. The molecule has 22 heavy (non-hydrogen) atoms. The van der Waals surface area contributed by atoms with Crippen LogP contribution in [0.4, 0.5) is 5.69 Å². The van der Waals surface area contributed by atoms with E-state index in [4.69, 9.17) is 4.42 Å². The number of halogens is 1. The summed E-state index contributed by atoms with van der Waals surface area (Å²) in [5, 5.41) is 3.33. The van der Waals surface area contributed by atoms with Gasteiger partial charge in [-0.15, -0.1) is 24.0 Å². The molecule has 1 aromatic carbocycles. The fourth-order valence-corrected chi connectivity index (χ4v) is 2.62. The van der Waals surface area contributed by atoms with Gasteiger partial charge in [-0.3, -0.25) is 4.99 Å². The maximum absolute atomic E-state index is 5.59. The number of oxazole rings is 1. The predicted octanol–water partition coefficient (Wildman–Crippen LogP) is 3.05. The molecule has 3 rings (SSSR count). The van der Waals surface area contributed by atoms with Crippen LogP contribution in [0.25, 0.3) is 0 Å². The van der Waals surface area contributed by atoms with Crippen molar-refractivity contribution in [3.05, 3.63) is 47.2 Å². The van der Waals surface area contributed by atoms with E-state index in [1.54, 1.807) is 7.05 Å². The summed E-state index contributed by atoms with van der Waals surface area (Å²) in [7, 11) is 1.80. The second-order valence-corrected chi connectivity index (χ2v) is 5.18. The van der Waals surface area contributed by atoms with Crippen LogP contribution >= 0.6 is 24.0 Å². The van der Waals surface area contributed by atoms with Crippen molar-refractivity contribution < 1.29 is 4.42 Å². The van der Waals surface area contributed by atoms with Crippen molar-refractivity contribution in [3.8, 4) is 0 Å². The number of rotatable bonds is 2. The van der Waals surface area contributed by atoms with Gasteiger partial charge >= 0.3 is 0 Å². The van der Waals surface area contributed by atoms with Crippen molar-refractivity contribution in [3.63, 3.8) is 0 Å². The van der Waals surface area contributed by atoms with E-state index in [-0.39, 0.29) is 24.0 Å². The molecule has 0 radical (unpaired) electrons. The first-order chi connectivity index (χ1) is 10.2. The molecule has 0 amide bonds. The van der Waals surface area contributed by atoms with Gasteiger partial charge in [-0.1, -0.05) is 18.2 Å². The molecule has 0 spiro atoms. The average Bonchev–Trinajstić information content (AvgIpc) is 3.05. The van der Waals surface area contributed by atoms with Gasteiger partial charge < -0.3 is 14.6 Å². The number of fused-ring (bicyclic) bond motifs is 1. The normalized spacial score (nSPS) is 13.8. The number of hydrogen-bond donors (Lipinski definition) is 1. The van der Waals surface area contributed by atoms with Crippen LogP contribution in [-0.4, -0.2) is 24.5 Å². The number of aliphatic imine (C=N–C) groups is 1. The highest BCUT2D eigenvalue weighted by atomic mass is 127. The van der Waals surface area contributed by atoms with Crippen molar-refractivity contribution in [1.82, 2.24) is 10.3 Å². The van der Waals surface area contributed by atoms with Crippen LogP contribution in [0.2, 0.25) is 0 Å². The van der Waals surface area contributed by atoms with Crippen LogP contribution in [0.1, 0.15) is 22.9 Å². The Hall–Kier alpha value is -1.57. The molecule has 1 aliphatic heterocycles. The summed E-state index contributed by atoms with van der Waals surface area (Å²) >= 11 is 0. The molecule has 0 unspecified atom stereocenters. The van der Waals surface area contributed by atoms with Gasteiger partial charge in [-0.25, -0.2) is 4.98 Å². The maximum atomic E-state index is 5.59. The van der Waals surface area contributed by atoms with Gasteiger partial charge in [-0.2, -0.15) is 0 Å². The minimum atomic E-state index is 0. The number of nitrogens with zero attached hydrogens (tertiary/aromatic N) is 3. The predicted molar refractivity (Wildman–Crippen MR) is 99.1 cm³/mol. The van der Waals surface area contributed by atoms with E-state index < -0.39 is 0 Å². The number of hydrogen-bond acceptors (Lipinski definition) is 3. The third-order valence-electron chi connectivity index (χ3n) is 3.83. The lowest BCUT2D eigenvalue weighted by molar-refractivity contribution is 0.464. The van der Waals surface area contributed by atoms with Gasteiger partial charge in [-0.05, 0) is 31.9 Å². The standard InChI is InChI=1S/C16H20N4O.HI/c1-11-12(2)21-15(19-11)10-18-16(17-3)20-9-8-13-6-4-5-7-14(13)20;/h4-7H,8-10H2,1-3H3,(H,17,18);1H. The molecule has 118 valence electrons. The van der Waals surface area contributed by atoms with Crippen molar-refractivity contribution in [2.24, 2.45) is 4.99 Å². The fourth-order valence-electron chi connectivity index (χ4n) is 2.62. The van der Waals surface area contributed by atoms with Gasteiger partial charge in [0.2, 0.25) is 5.89 Å². The fraction of sp³-hybridized carbons (Fsp3) is 0.375. The highest BCUT2D eigenvalue weighted by Gasteiger charge is 2.22. The zero-order valence-electron chi connectivity index (χ0n) is 13.1. The second-order valence-electron chi connectivity index (χ2n) is 5.18. The Labute approximate surface area is 147 Å². The lowest BCUT2D eigenvalue weighted by atomic mass is 10.2. The minimum absolute atomic E-state index is 0. The molecule has 6 heteroatoms. The molecule has 1 N–H and O–H groups in total. The SMILES string of the molecule is CN=C(NCc1nc(C)c(C)o1)N1CCc2ccccc21.I. The van der Waals surface area contributed by atoms with Crippen LogP contribution in [-0.2, 0) is 13.0 Å². The molecule has 2 aromatic rings. The number of aryl methyl sites for hydroxylation is 2. The summed E-state index contributed by atoms with van der Waals surface area (Å²) in [5.74, 6) is 2.42. The Balaban J connectivity index is 0.00000176. The van der Waals surface area contributed by atoms with Crippen molar-refractivity contribution in [1.29, 1.82) is 0 Å². The Morgan fingerprint density at radius 3 is 2.82 bits per heavy atom. The van der Waals surface area contributed by atoms with E-state index in [0.29, 0.717) is 12.4 Å².